The molecule has 1 aliphatic heterocycles. The van der Waals surface area contributed by atoms with E-state index in [1.54, 1.807) is 7.11 Å². The number of hydrogen-bond donors (Lipinski definition) is 0. The van der Waals surface area contributed by atoms with E-state index in [1.165, 1.54) is 32.5 Å². The van der Waals surface area contributed by atoms with Crippen LogP contribution >= 0.6 is 0 Å². The molecule has 0 spiro atoms. The Morgan fingerprint density at radius 2 is 1.73 bits per heavy atom. The number of nitrogens with zero attached hydrogens (tertiary/aromatic N) is 1. The van der Waals surface area contributed by atoms with Gasteiger partial charge in [0, 0.05) is 20.2 Å². The van der Waals surface area contributed by atoms with Crippen LogP contribution in [0.5, 0.6) is 0 Å². The van der Waals surface area contributed by atoms with Crippen LogP contribution in [0.1, 0.15) is 32.6 Å². The van der Waals surface area contributed by atoms with Crippen LogP contribution in [0.25, 0.3) is 0 Å². The van der Waals surface area contributed by atoms with Gasteiger partial charge in [0.15, 0.2) is 0 Å². The van der Waals surface area contributed by atoms with E-state index < -0.39 is 0 Å². The van der Waals surface area contributed by atoms with Gasteiger partial charge in [0.2, 0.25) is 0 Å². The summed E-state index contributed by atoms with van der Waals surface area (Å²) in [7, 11) is 1.79. The van der Waals surface area contributed by atoms with Crippen LogP contribution < -0.4 is 0 Å². The van der Waals surface area contributed by atoms with Crippen molar-refractivity contribution in [2.75, 3.05) is 26.7 Å². The highest BCUT2D eigenvalue weighted by Gasteiger charge is 2.32. The molecule has 0 unspecified atom stereocenters. The van der Waals surface area contributed by atoms with Crippen molar-refractivity contribution in [2.24, 2.45) is 0 Å². The van der Waals surface area contributed by atoms with E-state index in [2.05, 4.69) is 11.8 Å². The Hall–Kier alpha value is -0.120. The van der Waals surface area contributed by atoms with E-state index in [0.29, 0.717) is 18.3 Å². The Kier molecular flexibility index (Phi) is 4.00. The van der Waals surface area contributed by atoms with Crippen LogP contribution in [0.15, 0.2) is 0 Å². The second-order valence-corrected chi connectivity index (χ2v) is 4.72. The highest BCUT2D eigenvalue weighted by molar-refractivity contribution is 4.83. The molecule has 0 aromatic rings. The van der Waals surface area contributed by atoms with Crippen molar-refractivity contribution in [3.8, 4) is 0 Å². The molecule has 2 rings (SSSR count). The first-order valence-corrected chi connectivity index (χ1v) is 6.22. The minimum absolute atomic E-state index is 0.464. The fourth-order valence-corrected chi connectivity index (χ4v) is 2.45. The van der Waals surface area contributed by atoms with E-state index in [4.69, 9.17) is 9.47 Å². The average Bonchev–Trinajstić information content (AvgIpc) is 2.23. The summed E-state index contributed by atoms with van der Waals surface area (Å²) in [6.07, 6.45) is 6.08. The van der Waals surface area contributed by atoms with Crippen molar-refractivity contribution in [2.45, 2.75) is 50.9 Å². The maximum absolute atomic E-state index is 6.05. The van der Waals surface area contributed by atoms with Crippen molar-refractivity contribution in [1.29, 1.82) is 0 Å². The van der Waals surface area contributed by atoms with Crippen LogP contribution in [-0.4, -0.2) is 50.0 Å². The first kappa shape index (κ1) is 11.4. The van der Waals surface area contributed by atoms with E-state index in [0.717, 1.165) is 12.8 Å². The third kappa shape index (κ3) is 2.92. The number of ether oxygens (including phenoxy) is 2. The first-order valence-electron chi connectivity index (χ1n) is 6.22. The van der Waals surface area contributed by atoms with Gasteiger partial charge in [-0.25, -0.2) is 0 Å². The minimum Gasteiger partial charge on any atom is -0.381 e. The Balaban J connectivity index is 1.61. The lowest BCUT2D eigenvalue weighted by molar-refractivity contribution is -0.126. The molecule has 0 aromatic heterocycles. The fourth-order valence-electron chi connectivity index (χ4n) is 2.45. The number of rotatable bonds is 4. The molecule has 0 aromatic carbocycles. The van der Waals surface area contributed by atoms with Gasteiger partial charge < -0.3 is 14.4 Å². The third-order valence-electron chi connectivity index (χ3n) is 3.75. The Labute approximate surface area is 92.7 Å². The number of piperidine rings is 1. The summed E-state index contributed by atoms with van der Waals surface area (Å²) >= 11 is 0. The van der Waals surface area contributed by atoms with Crippen molar-refractivity contribution < 1.29 is 9.47 Å². The average molecular weight is 213 g/mol. The normalized spacial score (nSPS) is 34.0. The highest BCUT2D eigenvalue weighted by Crippen LogP contribution is 2.28. The SMILES string of the molecule is CCN1CCC(OC2CC(OC)C2)CC1. The number of hydrogen-bond acceptors (Lipinski definition) is 3. The van der Waals surface area contributed by atoms with E-state index in [1.807, 2.05) is 0 Å². The lowest BCUT2D eigenvalue weighted by Gasteiger charge is -2.39. The zero-order chi connectivity index (χ0) is 10.7. The van der Waals surface area contributed by atoms with E-state index in [-0.39, 0.29) is 0 Å². The molecule has 0 bridgehead atoms. The predicted molar refractivity (Wildman–Crippen MR) is 60.0 cm³/mol. The van der Waals surface area contributed by atoms with Gasteiger partial charge in [-0.15, -0.1) is 0 Å². The number of methoxy groups -OCH3 is 1. The molecule has 88 valence electrons. The van der Waals surface area contributed by atoms with Crippen molar-refractivity contribution >= 4 is 0 Å². The van der Waals surface area contributed by atoms with Crippen molar-refractivity contribution in [3.05, 3.63) is 0 Å². The predicted octanol–water partition coefficient (Wildman–Crippen LogP) is 1.66. The van der Waals surface area contributed by atoms with Gasteiger partial charge in [0.25, 0.3) is 0 Å². The minimum atomic E-state index is 0.464. The zero-order valence-electron chi connectivity index (χ0n) is 9.95. The van der Waals surface area contributed by atoms with Crippen LogP contribution in [-0.2, 0) is 9.47 Å². The molecule has 1 heterocycles. The summed E-state index contributed by atoms with van der Waals surface area (Å²) in [6.45, 7) is 5.83. The van der Waals surface area contributed by atoms with Gasteiger partial charge in [-0.2, -0.15) is 0 Å². The Bertz CT molecular complexity index is 184. The molecule has 1 saturated heterocycles. The summed E-state index contributed by atoms with van der Waals surface area (Å²) in [6, 6.07) is 0. The summed E-state index contributed by atoms with van der Waals surface area (Å²) in [5.41, 5.74) is 0. The number of likely N-dealkylation sites (tertiary alicyclic amines) is 1. The molecular weight excluding hydrogens is 190 g/mol. The molecule has 0 N–H and O–H groups in total. The largest absolute Gasteiger partial charge is 0.381 e. The lowest BCUT2D eigenvalue weighted by Crippen LogP contribution is -2.43. The van der Waals surface area contributed by atoms with Gasteiger partial charge in [0.05, 0.1) is 18.3 Å². The molecule has 2 fully saturated rings. The topological polar surface area (TPSA) is 21.7 Å². The molecule has 3 nitrogen and oxygen atoms in total. The smallest absolute Gasteiger partial charge is 0.0628 e. The standard InChI is InChI=1S/C12H23NO2/c1-3-13-6-4-10(5-7-13)15-12-8-11(9-12)14-2/h10-12H,3-9H2,1-2H3. The Morgan fingerprint density at radius 1 is 1.07 bits per heavy atom. The highest BCUT2D eigenvalue weighted by atomic mass is 16.5. The molecule has 1 saturated carbocycles. The van der Waals surface area contributed by atoms with Crippen LogP contribution in [0, 0.1) is 0 Å². The molecule has 0 radical (unpaired) electrons. The summed E-state index contributed by atoms with van der Waals surface area (Å²) < 4.78 is 11.3. The van der Waals surface area contributed by atoms with Gasteiger partial charge >= 0.3 is 0 Å². The maximum Gasteiger partial charge on any atom is 0.0628 e. The monoisotopic (exact) mass is 213 g/mol. The van der Waals surface area contributed by atoms with Gasteiger partial charge in [-0.1, -0.05) is 6.92 Å². The second kappa shape index (κ2) is 5.28. The van der Waals surface area contributed by atoms with Gasteiger partial charge in [0.1, 0.15) is 0 Å². The summed E-state index contributed by atoms with van der Waals surface area (Å²) in [5, 5.41) is 0. The Morgan fingerprint density at radius 3 is 2.27 bits per heavy atom. The maximum atomic E-state index is 6.05. The molecule has 1 aliphatic carbocycles. The van der Waals surface area contributed by atoms with E-state index >= 15 is 0 Å². The second-order valence-electron chi connectivity index (χ2n) is 4.72. The van der Waals surface area contributed by atoms with Gasteiger partial charge in [-0.05, 0) is 32.2 Å². The van der Waals surface area contributed by atoms with Crippen molar-refractivity contribution in [1.82, 2.24) is 4.90 Å². The lowest BCUT2D eigenvalue weighted by atomic mass is 9.91. The van der Waals surface area contributed by atoms with Crippen LogP contribution in [0.4, 0.5) is 0 Å². The summed E-state index contributed by atoms with van der Waals surface area (Å²) in [4.78, 5) is 2.50. The van der Waals surface area contributed by atoms with E-state index in [9.17, 15) is 0 Å². The molecule has 0 atom stereocenters. The molecule has 0 amide bonds. The molecule has 15 heavy (non-hydrogen) atoms. The fraction of sp³-hybridized carbons (Fsp3) is 1.00. The zero-order valence-corrected chi connectivity index (χ0v) is 9.95. The van der Waals surface area contributed by atoms with Crippen LogP contribution in [0.2, 0.25) is 0 Å². The van der Waals surface area contributed by atoms with Gasteiger partial charge in [-0.3, -0.25) is 0 Å². The first-order chi connectivity index (χ1) is 7.31. The third-order valence-corrected chi connectivity index (χ3v) is 3.75. The molecule has 2 aliphatic rings. The quantitative estimate of drug-likeness (QED) is 0.709. The summed E-state index contributed by atoms with van der Waals surface area (Å²) in [5.74, 6) is 0. The van der Waals surface area contributed by atoms with Crippen molar-refractivity contribution in [3.63, 3.8) is 0 Å². The molecule has 3 heteroatoms. The molecular formula is C12H23NO2. The van der Waals surface area contributed by atoms with Crippen LogP contribution in [0.3, 0.4) is 0 Å².